The molecule has 0 amide bonds. The molecule has 0 saturated heterocycles. The summed E-state index contributed by atoms with van der Waals surface area (Å²) in [7, 11) is 5.50. The summed E-state index contributed by atoms with van der Waals surface area (Å²) in [6, 6.07) is -0.611. The van der Waals surface area contributed by atoms with Crippen molar-refractivity contribution in [1.29, 1.82) is 0 Å². The molecular weight excluding hydrogens is 546 g/mol. The molecule has 252 valence electrons. The molecule has 0 heterocycles. The van der Waals surface area contributed by atoms with Crippen molar-refractivity contribution in [3.63, 3.8) is 0 Å². The highest BCUT2D eigenvalue weighted by Crippen LogP contribution is 2.13. The predicted molar refractivity (Wildman–Crippen MR) is 174 cm³/mol. The van der Waals surface area contributed by atoms with Crippen molar-refractivity contribution in [2.24, 2.45) is 0 Å². The Morgan fingerprint density at radius 1 is 0.674 bits per heavy atom. The zero-order valence-electron chi connectivity index (χ0n) is 28.4. The third kappa shape index (κ3) is 26.2. The van der Waals surface area contributed by atoms with Gasteiger partial charge in [-0.3, -0.25) is 9.59 Å². The van der Waals surface area contributed by atoms with Gasteiger partial charge in [0.15, 0.2) is 12.1 Å². The van der Waals surface area contributed by atoms with E-state index in [-0.39, 0.29) is 42.7 Å². The van der Waals surface area contributed by atoms with Gasteiger partial charge in [0.25, 0.3) is 0 Å². The van der Waals surface area contributed by atoms with E-state index in [1.165, 1.54) is 70.6 Å². The molecule has 8 nitrogen and oxygen atoms in total. The van der Waals surface area contributed by atoms with Crippen LogP contribution < -0.4 is 0 Å². The average Bonchev–Trinajstić information content (AvgIpc) is 2.94. The highest BCUT2D eigenvalue weighted by atomic mass is 16.6. The summed E-state index contributed by atoms with van der Waals surface area (Å²) in [5.74, 6) is -1.51. The number of carboxylic acids is 1. The fourth-order valence-corrected chi connectivity index (χ4v) is 4.92. The Labute approximate surface area is 263 Å². The molecule has 0 aromatic rings. The molecule has 8 heteroatoms. The van der Waals surface area contributed by atoms with E-state index < -0.39 is 18.1 Å². The molecule has 0 aliphatic rings. The van der Waals surface area contributed by atoms with Crippen LogP contribution in [0.4, 0.5) is 0 Å². The van der Waals surface area contributed by atoms with Crippen LogP contribution in [0, 0.1) is 0 Å². The minimum Gasteiger partial charge on any atom is -0.477 e. The highest BCUT2D eigenvalue weighted by Gasteiger charge is 2.31. The Bertz CT molecular complexity index is 732. The second kappa shape index (κ2) is 27.6. The number of hydrogen-bond acceptors (Lipinski definition) is 6. The molecule has 0 radical (unpaired) electrons. The van der Waals surface area contributed by atoms with E-state index in [2.05, 4.69) is 26.0 Å². The van der Waals surface area contributed by atoms with Crippen molar-refractivity contribution in [2.45, 2.75) is 154 Å². The lowest BCUT2D eigenvalue weighted by molar-refractivity contribution is -0.887. The summed E-state index contributed by atoms with van der Waals surface area (Å²) < 4.78 is 17.1. The summed E-state index contributed by atoms with van der Waals surface area (Å²) in [4.78, 5) is 36.5. The van der Waals surface area contributed by atoms with Crippen molar-refractivity contribution >= 4 is 17.9 Å². The summed E-state index contributed by atoms with van der Waals surface area (Å²) in [5.41, 5.74) is 0. The van der Waals surface area contributed by atoms with Gasteiger partial charge < -0.3 is 23.8 Å². The molecule has 0 aromatic carbocycles. The summed E-state index contributed by atoms with van der Waals surface area (Å²) in [5, 5.41) is 9.53. The first-order valence-electron chi connectivity index (χ1n) is 17.2. The van der Waals surface area contributed by atoms with Gasteiger partial charge in [-0.1, -0.05) is 103 Å². The van der Waals surface area contributed by atoms with Crippen LogP contribution in [0.5, 0.6) is 0 Å². The number of allylic oxidation sites excluding steroid dienone is 2. The monoisotopic (exact) mass is 612 g/mol. The maximum atomic E-state index is 12.5. The van der Waals surface area contributed by atoms with E-state index in [1.807, 2.05) is 21.1 Å². The van der Waals surface area contributed by atoms with Crippen LogP contribution in [-0.4, -0.2) is 80.6 Å². The van der Waals surface area contributed by atoms with Crippen molar-refractivity contribution in [3.8, 4) is 0 Å². The van der Waals surface area contributed by atoms with Crippen molar-refractivity contribution in [1.82, 2.24) is 0 Å². The maximum absolute atomic E-state index is 12.5. The number of ether oxygens (including phenoxy) is 3. The standard InChI is InChI=1S/C35H65NO7/c1-6-8-10-12-14-16-18-19-21-23-25-33(37)42-30-31(29-41-28-27-32(35(39)40)36(3,4)5)43-34(38)26-24-22-20-17-15-13-11-9-7-2/h17,20,31-32H,6-16,18-19,21-30H2,1-5H3/p+1/b20-17+. The van der Waals surface area contributed by atoms with Gasteiger partial charge in [0.1, 0.15) is 6.61 Å². The smallest absolute Gasteiger partial charge is 0.362 e. The van der Waals surface area contributed by atoms with Crippen LogP contribution in [0.2, 0.25) is 0 Å². The van der Waals surface area contributed by atoms with Gasteiger partial charge in [-0.2, -0.15) is 0 Å². The van der Waals surface area contributed by atoms with Crippen LogP contribution in [0.3, 0.4) is 0 Å². The number of likely N-dealkylation sites (N-methyl/N-ethyl adjacent to an activating group) is 1. The van der Waals surface area contributed by atoms with Gasteiger partial charge in [0.2, 0.25) is 0 Å². The van der Waals surface area contributed by atoms with Crippen molar-refractivity contribution in [3.05, 3.63) is 12.2 Å². The van der Waals surface area contributed by atoms with Crippen LogP contribution in [0.1, 0.15) is 142 Å². The molecule has 0 rings (SSSR count). The lowest BCUT2D eigenvalue weighted by atomic mass is 10.1. The van der Waals surface area contributed by atoms with Crippen LogP contribution in [0.25, 0.3) is 0 Å². The zero-order chi connectivity index (χ0) is 32.2. The lowest BCUT2D eigenvalue weighted by Gasteiger charge is -2.31. The number of aliphatic carboxylic acids is 1. The molecule has 0 aromatic heterocycles. The Morgan fingerprint density at radius 2 is 1.19 bits per heavy atom. The fraction of sp³-hybridized carbons (Fsp3) is 0.857. The molecule has 2 unspecified atom stereocenters. The number of rotatable bonds is 30. The largest absolute Gasteiger partial charge is 0.477 e. The van der Waals surface area contributed by atoms with Gasteiger partial charge in [-0.15, -0.1) is 0 Å². The number of quaternary nitrogens is 1. The molecule has 2 atom stereocenters. The third-order valence-corrected chi connectivity index (χ3v) is 7.66. The Kier molecular flexibility index (Phi) is 26.4. The van der Waals surface area contributed by atoms with Crippen LogP contribution in [-0.2, 0) is 28.6 Å². The Hall–Kier alpha value is -1.93. The minimum absolute atomic E-state index is 0.0540. The van der Waals surface area contributed by atoms with E-state index in [9.17, 15) is 19.5 Å². The quantitative estimate of drug-likeness (QED) is 0.0380. The molecule has 0 aliphatic carbocycles. The molecule has 0 bridgehead atoms. The van der Waals surface area contributed by atoms with Crippen LogP contribution >= 0.6 is 0 Å². The number of carbonyl (C=O) groups is 3. The van der Waals surface area contributed by atoms with Crippen molar-refractivity contribution < 1.29 is 38.2 Å². The molecule has 0 saturated carbocycles. The number of esters is 2. The van der Waals surface area contributed by atoms with Gasteiger partial charge in [-0.25, -0.2) is 4.79 Å². The number of carbonyl (C=O) groups excluding carboxylic acids is 2. The fourth-order valence-electron chi connectivity index (χ4n) is 4.92. The summed E-state index contributed by atoms with van der Waals surface area (Å²) in [6.07, 6.45) is 24.1. The summed E-state index contributed by atoms with van der Waals surface area (Å²) >= 11 is 0. The van der Waals surface area contributed by atoms with Crippen LogP contribution in [0.15, 0.2) is 12.2 Å². The highest BCUT2D eigenvalue weighted by molar-refractivity contribution is 5.72. The maximum Gasteiger partial charge on any atom is 0.362 e. The van der Waals surface area contributed by atoms with Crippen molar-refractivity contribution in [2.75, 3.05) is 41.0 Å². The van der Waals surface area contributed by atoms with E-state index in [4.69, 9.17) is 14.2 Å². The SMILES string of the molecule is CCCCCC/C=C/CCCC(=O)OC(COCCC(C(=O)O)[N+](C)(C)C)COC(=O)CCCCCCCCCCCC. The second-order valence-electron chi connectivity index (χ2n) is 12.8. The molecule has 0 spiro atoms. The number of nitrogens with zero attached hydrogens (tertiary/aromatic N) is 1. The number of carboxylic acid groups (broad SMARTS) is 1. The molecule has 0 aliphatic heterocycles. The number of hydrogen-bond donors (Lipinski definition) is 1. The first kappa shape index (κ1) is 41.1. The van der Waals surface area contributed by atoms with Gasteiger partial charge in [0.05, 0.1) is 34.4 Å². The summed E-state index contributed by atoms with van der Waals surface area (Å²) in [6.45, 7) is 4.64. The van der Waals surface area contributed by atoms with Gasteiger partial charge in [0, 0.05) is 19.3 Å². The van der Waals surface area contributed by atoms with E-state index in [0.717, 1.165) is 32.1 Å². The lowest BCUT2D eigenvalue weighted by Crippen LogP contribution is -2.50. The normalized spacial score (nSPS) is 13.2. The van der Waals surface area contributed by atoms with Gasteiger partial charge in [-0.05, 0) is 32.1 Å². The zero-order valence-corrected chi connectivity index (χ0v) is 28.4. The molecule has 43 heavy (non-hydrogen) atoms. The van der Waals surface area contributed by atoms with E-state index >= 15 is 0 Å². The molecular formula is C35H66NO7+. The Morgan fingerprint density at radius 3 is 1.74 bits per heavy atom. The third-order valence-electron chi connectivity index (χ3n) is 7.66. The first-order valence-corrected chi connectivity index (χ1v) is 17.2. The molecule has 1 N–H and O–H groups in total. The molecule has 0 fully saturated rings. The average molecular weight is 613 g/mol. The number of unbranched alkanes of at least 4 members (excludes halogenated alkanes) is 14. The topological polar surface area (TPSA) is 99.1 Å². The predicted octanol–water partition coefficient (Wildman–Crippen LogP) is 8.02. The van der Waals surface area contributed by atoms with E-state index in [1.54, 1.807) is 0 Å². The second-order valence-corrected chi connectivity index (χ2v) is 12.8. The van der Waals surface area contributed by atoms with Gasteiger partial charge >= 0.3 is 17.9 Å². The Balaban J connectivity index is 4.51. The first-order chi connectivity index (χ1) is 20.6. The minimum atomic E-state index is -0.880. The van der Waals surface area contributed by atoms with E-state index in [0.29, 0.717) is 19.3 Å².